The van der Waals surface area contributed by atoms with Crippen molar-refractivity contribution in [3.8, 4) is 5.75 Å². The van der Waals surface area contributed by atoms with Crippen molar-refractivity contribution in [1.82, 2.24) is 0 Å². The van der Waals surface area contributed by atoms with Crippen LogP contribution >= 0.6 is 0 Å². The number of ether oxygens (including phenoxy) is 1. The highest BCUT2D eigenvalue weighted by molar-refractivity contribution is 5.60. The van der Waals surface area contributed by atoms with Crippen molar-refractivity contribution in [3.63, 3.8) is 0 Å². The van der Waals surface area contributed by atoms with E-state index in [1.54, 1.807) is 18.9 Å². The van der Waals surface area contributed by atoms with Gasteiger partial charge in [-0.2, -0.15) is 0 Å². The number of benzene rings is 1. The van der Waals surface area contributed by atoms with Crippen LogP contribution < -0.4 is 9.64 Å². The van der Waals surface area contributed by atoms with E-state index in [0.717, 1.165) is 6.07 Å². The van der Waals surface area contributed by atoms with Crippen molar-refractivity contribution in [2.45, 2.75) is 19.4 Å². The lowest BCUT2D eigenvalue weighted by atomic mass is 10.2. The molecule has 0 saturated carbocycles. The van der Waals surface area contributed by atoms with Crippen LogP contribution in [-0.4, -0.2) is 36.8 Å². The molecule has 0 aromatic heterocycles. The zero-order valence-electron chi connectivity index (χ0n) is 11.1. The summed E-state index contributed by atoms with van der Waals surface area (Å²) < 4.78 is 18.7. The fraction of sp³-hybridized carbons (Fsp3) is 0.500. The van der Waals surface area contributed by atoms with E-state index >= 15 is 0 Å². The van der Waals surface area contributed by atoms with E-state index in [4.69, 9.17) is 4.74 Å². The molecule has 0 amide bonds. The zero-order chi connectivity index (χ0) is 14.6. The number of nitro benzene ring substituents is 1. The third-order valence-corrected chi connectivity index (χ3v) is 2.74. The number of aliphatic hydroxyl groups is 1. The van der Waals surface area contributed by atoms with E-state index in [0.29, 0.717) is 13.0 Å². The van der Waals surface area contributed by atoms with E-state index in [1.807, 2.05) is 0 Å². The number of halogens is 1. The van der Waals surface area contributed by atoms with Crippen LogP contribution in [0.15, 0.2) is 12.1 Å². The number of anilines is 1. The predicted molar refractivity (Wildman–Crippen MR) is 69.2 cm³/mol. The van der Waals surface area contributed by atoms with Gasteiger partial charge in [0.1, 0.15) is 0 Å². The number of methoxy groups -OCH3 is 1. The Bertz CT molecular complexity index is 465. The maximum Gasteiger partial charge on any atom is 0.313 e. The van der Waals surface area contributed by atoms with E-state index in [9.17, 15) is 19.6 Å². The average molecular weight is 272 g/mol. The molecule has 0 heterocycles. The van der Waals surface area contributed by atoms with Crippen LogP contribution in [0.2, 0.25) is 0 Å². The fourth-order valence-corrected chi connectivity index (χ4v) is 1.63. The van der Waals surface area contributed by atoms with Gasteiger partial charge >= 0.3 is 5.69 Å². The summed E-state index contributed by atoms with van der Waals surface area (Å²) in [5.74, 6) is -0.689. The third-order valence-electron chi connectivity index (χ3n) is 2.74. The minimum atomic E-state index is -0.694. The Hall–Kier alpha value is -1.89. The van der Waals surface area contributed by atoms with Crippen LogP contribution in [0, 0.1) is 15.9 Å². The Balaban J connectivity index is 3.05. The molecule has 0 radical (unpaired) electrons. The van der Waals surface area contributed by atoms with Crippen LogP contribution in [0.1, 0.15) is 13.3 Å². The van der Waals surface area contributed by atoms with Crippen molar-refractivity contribution in [2.75, 3.05) is 25.6 Å². The van der Waals surface area contributed by atoms with Crippen LogP contribution in [0.4, 0.5) is 15.8 Å². The Morgan fingerprint density at radius 2 is 2.21 bits per heavy atom. The summed E-state index contributed by atoms with van der Waals surface area (Å²) in [6, 6.07) is 2.13. The molecule has 0 saturated heterocycles. The molecule has 0 spiro atoms. The van der Waals surface area contributed by atoms with Crippen molar-refractivity contribution >= 4 is 11.4 Å². The largest absolute Gasteiger partial charge is 0.490 e. The van der Waals surface area contributed by atoms with Crippen molar-refractivity contribution in [3.05, 3.63) is 28.1 Å². The van der Waals surface area contributed by atoms with Gasteiger partial charge in [-0.15, -0.1) is 0 Å². The molecule has 1 N–H and O–H groups in total. The summed E-state index contributed by atoms with van der Waals surface area (Å²) in [7, 11) is 2.94. The summed E-state index contributed by atoms with van der Waals surface area (Å²) in [6.45, 7) is 2.07. The SMILES string of the molecule is COc1cc(N(C)CCC(C)O)c(F)cc1[N+](=O)[O-]. The van der Waals surface area contributed by atoms with Gasteiger partial charge in [0.25, 0.3) is 0 Å². The molecule has 1 rings (SSSR count). The van der Waals surface area contributed by atoms with Crippen LogP contribution in [-0.2, 0) is 0 Å². The highest BCUT2D eigenvalue weighted by Gasteiger charge is 2.20. The van der Waals surface area contributed by atoms with E-state index in [1.165, 1.54) is 13.2 Å². The maximum atomic E-state index is 13.8. The molecular weight excluding hydrogens is 255 g/mol. The quantitative estimate of drug-likeness (QED) is 0.632. The molecule has 19 heavy (non-hydrogen) atoms. The summed E-state index contributed by atoms with van der Waals surface area (Å²) in [4.78, 5) is 11.6. The van der Waals surface area contributed by atoms with Crippen molar-refractivity contribution < 1.29 is 19.2 Å². The average Bonchev–Trinajstić information content (AvgIpc) is 2.35. The summed E-state index contributed by atoms with van der Waals surface area (Å²) in [5, 5.41) is 19.9. The van der Waals surface area contributed by atoms with Gasteiger partial charge in [-0.1, -0.05) is 0 Å². The molecule has 1 aromatic carbocycles. The topological polar surface area (TPSA) is 75.8 Å². The smallest absolute Gasteiger partial charge is 0.313 e. The Kier molecular flexibility index (Phi) is 5.05. The molecule has 1 atom stereocenters. The van der Waals surface area contributed by atoms with E-state index in [-0.39, 0.29) is 11.4 Å². The monoisotopic (exact) mass is 272 g/mol. The fourth-order valence-electron chi connectivity index (χ4n) is 1.63. The first-order chi connectivity index (χ1) is 8.86. The lowest BCUT2D eigenvalue weighted by Gasteiger charge is -2.21. The number of nitrogens with zero attached hydrogens (tertiary/aromatic N) is 2. The lowest BCUT2D eigenvalue weighted by Crippen LogP contribution is -2.22. The molecule has 0 fully saturated rings. The van der Waals surface area contributed by atoms with Gasteiger partial charge in [0.15, 0.2) is 11.6 Å². The van der Waals surface area contributed by atoms with E-state index in [2.05, 4.69) is 0 Å². The summed E-state index contributed by atoms with van der Waals surface area (Å²) >= 11 is 0. The number of hydrogen-bond donors (Lipinski definition) is 1. The van der Waals surface area contributed by atoms with E-state index < -0.39 is 22.5 Å². The van der Waals surface area contributed by atoms with Gasteiger partial charge in [0.05, 0.1) is 29.9 Å². The Morgan fingerprint density at radius 1 is 1.58 bits per heavy atom. The first kappa shape index (κ1) is 15.2. The Morgan fingerprint density at radius 3 is 2.68 bits per heavy atom. The minimum absolute atomic E-state index is 0.00490. The van der Waals surface area contributed by atoms with Gasteiger partial charge in [0.2, 0.25) is 0 Å². The molecule has 0 aliphatic rings. The van der Waals surface area contributed by atoms with Gasteiger partial charge < -0.3 is 14.7 Å². The normalized spacial score (nSPS) is 12.1. The zero-order valence-corrected chi connectivity index (χ0v) is 11.1. The molecule has 0 aliphatic heterocycles. The van der Waals surface area contributed by atoms with Crippen LogP contribution in [0.3, 0.4) is 0 Å². The number of nitro groups is 1. The van der Waals surface area contributed by atoms with Gasteiger partial charge in [-0.3, -0.25) is 10.1 Å². The summed E-state index contributed by atoms with van der Waals surface area (Å²) in [5.41, 5.74) is -0.212. The van der Waals surface area contributed by atoms with Gasteiger partial charge in [-0.05, 0) is 13.3 Å². The van der Waals surface area contributed by atoms with Gasteiger partial charge in [-0.25, -0.2) is 4.39 Å². The maximum absolute atomic E-state index is 13.8. The highest BCUT2D eigenvalue weighted by atomic mass is 19.1. The Labute approximate surface area is 110 Å². The highest BCUT2D eigenvalue weighted by Crippen LogP contribution is 2.33. The molecule has 0 bridgehead atoms. The van der Waals surface area contributed by atoms with Crippen LogP contribution in [0.25, 0.3) is 0 Å². The third kappa shape index (κ3) is 3.78. The first-order valence-electron chi connectivity index (χ1n) is 5.78. The molecule has 106 valence electrons. The molecular formula is C12H17FN2O4. The summed E-state index contributed by atoms with van der Waals surface area (Å²) in [6.07, 6.45) is -0.0274. The number of rotatable bonds is 6. The van der Waals surface area contributed by atoms with Gasteiger partial charge in [0, 0.05) is 19.7 Å². The first-order valence-corrected chi connectivity index (χ1v) is 5.78. The van der Waals surface area contributed by atoms with Crippen LogP contribution in [0.5, 0.6) is 5.75 Å². The number of aliphatic hydroxyl groups excluding tert-OH is 1. The predicted octanol–water partition coefficient (Wildman–Crippen LogP) is 1.95. The minimum Gasteiger partial charge on any atom is -0.490 e. The van der Waals surface area contributed by atoms with Crippen molar-refractivity contribution in [1.29, 1.82) is 0 Å². The second-order valence-electron chi connectivity index (χ2n) is 4.29. The molecule has 0 aliphatic carbocycles. The molecule has 7 heteroatoms. The number of hydrogen-bond acceptors (Lipinski definition) is 5. The lowest BCUT2D eigenvalue weighted by molar-refractivity contribution is -0.385. The molecule has 6 nitrogen and oxygen atoms in total. The second-order valence-corrected chi connectivity index (χ2v) is 4.29. The standard InChI is InChI=1S/C12H17FN2O4/c1-8(16)4-5-14(2)10-7-12(19-3)11(15(17)18)6-9(10)13/h6-8,16H,4-5H2,1-3H3. The molecule has 1 aromatic rings. The molecule has 1 unspecified atom stereocenters. The second kappa shape index (κ2) is 6.33. The van der Waals surface area contributed by atoms with Crippen molar-refractivity contribution in [2.24, 2.45) is 0 Å².